The van der Waals surface area contributed by atoms with Crippen molar-refractivity contribution >= 4 is 16.7 Å². The van der Waals surface area contributed by atoms with E-state index in [2.05, 4.69) is 9.97 Å². The molecule has 1 aromatic heterocycles. The van der Waals surface area contributed by atoms with Crippen molar-refractivity contribution in [2.45, 2.75) is 0 Å². The van der Waals surface area contributed by atoms with E-state index in [-0.39, 0.29) is 11.6 Å². The molecular formula is C15H12FN3O. The van der Waals surface area contributed by atoms with E-state index < -0.39 is 0 Å². The van der Waals surface area contributed by atoms with Gasteiger partial charge in [-0.25, -0.2) is 14.4 Å². The molecule has 0 saturated heterocycles. The van der Waals surface area contributed by atoms with Crippen molar-refractivity contribution in [3.63, 3.8) is 0 Å². The fraction of sp³-hybridized carbons (Fsp3) is 0.0667. The molecular weight excluding hydrogens is 257 g/mol. The zero-order valence-corrected chi connectivity index (χ0v) is 10.8. The van der Waals surface area contributed by atoms with Crippen molar-refractivity contribution in [2.24, 2.45) is 0 Å². The fourth-order valence-corrected chi connectivity index (χ4v) is 2.02. The van der Waals surface area contributed by atoms with E-state index in [1.807, 2.05) is 0 Å². The number of aromatic nitrogens is 2. The van der Waals surface area contributed by atoms with E-state index in [0.29, 0.717) is 28.0 Å². The number of nitrogens with two attached hydrogens (primary N) is 1. The van der Waals surface area contributed by atoms with Crippen molar-refractivity contribution < 1.29 is 9.13 Å². The second-order valence-corrected chi connectivity index (χ2v) is 4.30. The van der Waals surface area contributed by atoms with Gasteiger partial charge in [-0.3, -0.25) is 0 Å². The highest BCUT2D eigenvalue weighted by molar-refractivity contribution is 5.90. The van der Waals surface area contributed by atoms with Crippen LogP contribution in [0.4, 0.5) is 10.2 Å². The van der Waals surface area contributed by atoms with Crippen LogP contribution in [0.25, 0.3) is 22.3 Å². The average molecular weight is 269 g/mol. The third-order valence-electron chi connectivity index (χ3n) is 3.05. The van der Waals surface area contributed by atoms with Crippen LogP contribution in [0.15, 0.2) is 42.5 Å². The van der Waals surface area contributed by atoms with Crippen LogP contribution >= 0.6 is 0 Å². The molecule has 0 aliphatic carbocycles. The molecule has 20 heavy (non-hydrogen) atoms. The Morgan fingerprint density at radius 2 is 1.90 bits per heavy atom. The summed E-state index contributed by atoms with van der Waals surface area (Å²) in [4.78, 5) is 8.53. The standard InChI is InChI=1S/C15H12FN3O/c1-20-9-6-7-13-11(8-9)14(17)19-15(18-13)10-4-2-3-5-12(10)16/h2-8H,1H3,(H2,17,18,19). The molecule has 0 fully saturated rings. The van der Waals surface area contributed by atoms with E-state index in [0.717, 1.165) is 0 Å². The number of hydrogen-bond donors (Lipinski definition) is 1. The van der Waals surface area contributed by atoms with Gasteiger partial charge in [0.1, 0.15) is 17.4 Å². The Morgan fingerprint density at radius 1 is 1.10 bits per heavy atom. The number of rotatable bonds is 2. The molecule has 2 N–H and O–H groups in total. The minimum Gasteiger partial charge on any atom is -0.497 e. The number of nitrogens with zero attached hydrogens (tertiary/aromatic N) is 2. The quantitative estimate of drug-likeness (QED) is 0.776. The van der Waals surface area contributed by atoms with Gasteiger partial charge in [0.05, 0.1) is 18.2 Å². The highest BCUT2D eigenvalue weighted by Gasteiger charge is 2.11. The first-order valence-electron chi connectivity index (χ1n) is 6.05. The van der Waals surface area contributed by atoms with Crippen molar-refractivity contribution in [2.75, 3.05) is 12.8 Å². The molecule has 0 spiro atoms. The number of anilines is 1. The minimum atomic E-state index is -0.375. The molecule has 0 amide bonds. The lowest BCUT2D eigenvalue weighted by molar-refractivity contribution is 0.415. The molecule has 0 radical (unpaired) electrons. The summed E-state index contributed by atoms with van der Waals surface area (Å²) >= 11 is 0. The smallest absolute Gasteiger partial charge is 0.165 e. The van der Waals surface area contributed by atoms with Crippen molar-refractivity contribution in [3.8, 4) is 17.1 Å². The summed E-state index contributed by atoms with van der Waals surface area (Å²) in [6, 6.07) is 11.7. The monoisotopic (exact) mass is 269 g/mol. The summed E-state index contributed by atoms with van der Waals surface area (Å²) in [5.41, 5.74) is 6.92. The van der Waals surface area contributed by atoms with E-state index in [1.165, 1.54) is 6.07 Å². The largest absolute Gasteiger partial charge is 0.497 e. The zero-order chi connectivity index (χ0) is 14.1. The second-order valence-electron chi connectivity index (χ2n) is 4.30. The number of nitrogen functional groups attached to an aromatic ring is 1. The van der Waals surface area contributed by atoms with Gasteiger partial charge in [-0.2, -0.15) is 0 Å². The van der Waals surface area contributed by atoms with Gasteiger partial charge in [-0.1, -0.05) is 12.1 Å². The molecule has 0 bridgehead atoms. The van der Waals surface area contributed by atoms with Gasteiger partial charge >= 0.3 is 0 Å². The summed E-state index contributed by atoms with van der Waals surface area (Å²) in [5.74, 6) is 0.872. The Bertz CT molecular complexity index is 789. The van der Waals surface area contributed by atoms with E-state index >= 15 is 0 Å². The molecule has 0 unspecified atom stereocenters. The van der Waals surface area contributed by atoms with E-state index in [1.54, 1.807) is 43.5 Å². The van der Waals surface area contributed by atoms with Gasteiger partial charge < -0.3 is 10.5 Å². The maximum atomic E-state index is 13.8. The summed E-state index contributed by atoms with van der Waals surface area (Å²) in [6.07, 6.45) is 0. The lowest BCUT2D eigenvalue weighted by atomic mass is 10.1. The lowest BCUT2D eigenvalue weighted by Gasteiger charge is -2.07. The van der Waals surface area contributed by atoms with Crippen molar-refractivity contribution in [1.29, 1.82) is 0 Å². The normalized spacial score (nSPS) is 10.7. The molecule has 2 aromatic carbocycles. The Labute approximate surface area is 115 Å². The average Bonchev–Trinajstić information content (AvgIpc) is 2.47. The van der Waals surface area contributed by atoms with Gasteiger partial charge in [-0.05, 0) is 30.3 Å². The van der Waals surface area contributed by atoms with Crippen molar-refractivity contribution in [1.82, 2.24) is 9.97 Å². The number of halogens is 1. The first-order valence-corrected chi connectivity index (χ1v) is 6.05. The minimum absolute atomic E-state index is 0.276. The second kappa shape index (κ2) is 4.77. The van der Waals surface area contributed by atoms with E-state index in [9.17, 15) is 4.39 Å². The Morgan fingerprint density at radius 3 is 2.65 bits per heavy atom. The molecule has 0 saturated carbocycles. The summed E-state index contributed by atoms with van der Waals surface area (Å²) in [6.45, 7) is 0. The molecule has 3 rings (SSSR count). The van der Waals surface area contributed by atoms with Crippen LogP contribution in [0.3, 0.4) is 0 Å². The molecule has 0 aliphatic heterocycles. The Kier molecular flexibility index (Phi) is 2.95. The van der Waals surface area contributed by atoms with Crippen LogP contribution in [0, 0.1) is 5.82 Å². The van der Waals surface area contributed by atoms with Crippen LogP contribution in [0.5, 0.6) is 5.75 Å². The number of ether oxygens (including phenoxy) is 1. The van der Waals surface area contributed by atoms with Crippen LogP contribution in [0.2, 0.25) is 0 Å². The van der Waals surface area contributed by atoms with Crippen molar-refractivity contribution in [3.05, 3.63) is 48.3 Å². The highest BCUT2D eigenvalue weighted by Crippen LogP contribution is 2.27. The fourth-order valence-electron chi connectivity index (χ4n) is 2.02. The lowest BCUT2D eigenvalue weighted by Crippen LogP contribution is -1.99. The van der Waals surface area contributed by atoms with E-state index in [4.69, 9.17) is 10.5 Å². The Balaban J connectivity index is 2.23. The molecule has 0 aliphatic rings. The first-order chi connectivity index (χ1) is 9.69. The predicted octanol–water partition coefficient (Wildman–Crippen LogP) is 3.03. The summed E-state index contributed by atoms with van der Waals surface area (Å²) < 4.78 is 18.9. The number of benzene rings is 2. The summed E-state index contributed by atoms with van der Waals surface area (Å²) in [5, 5.41) is 0.685. The SMILES string of the molecule is COc1ccc2nc(-c3ccccc3F)nc(N)c2c1. The van der Waals surface area contributed by atoms with Crippen LogP contribution in [-0.2, 0) is 0 Å². The number of methoxy groups -OCH3 is 1. The topological polar surface area (TPSA) is 61.0 Å². The molecule has 0 atom stereocenters. The number of fused-ring (bicyclic) bond motifs is 1. The van der Waals surface area contributed by atoms with Gasteiger partial charge in [-0.15, -0.1) is 0 Å². The third-order valence-corrected chi connectivity index (χ3v) is 3.05. The molecule has 5 heteroatoms. The first kappa shape index (κ1) is 12.3. The molecule has 1 heterocycles. The van der Waals surface area contributed by atoms with Gasteiger partial charge in [0, 0.05) is 5.39 Å². The Hall–Kier alpha value is -2.69. The summed E-state index contributed by atoms with van der Waals surface area (Å²) in [7, 11) is 1.58. The van der Waals surface area contributed by atoms with Gasteiger partial charge in [0.25, 0.3) is 0 Å². The molecule has 100 valence electrons. The highest BCUT2D eigenvalue weighted by atomic mass is 19.1. The number of hydrogen-bond acceptors (Lipinski definition) is 4. The zero-order valence-electron chi connectivity index (χ0n) is 10.8. The van der Waals surface area contributed by atoms with Crippen LogP contribution in [0.1, 0.15) is 0 Å². The molecule has 4 nitrogen and oxygen atoms in total. The third kappa shape index (κ3) is 2.03. The maximum Gasteiger partial charge on any atom is 0.165 e. The van der Waals surface area contributed by atoms with Gasteiger partial charge in [0.2, 0.25) is 0 Å². The predicted molar refractivity (Wildman–Crippen MR) is 75.9 cm³/mol. The molecule has 3 aromatic rings. The maximum absolute atomic E-state index is 13.8. The van der Waals surface area contributed by atoms with Crippen LogP contribution < -0.4 is 10.5 Å². The van der Waals surface area contributed by atoms with Gasteiger partial charge in [0.15, 0.2) is 5.82 Å². The van der Waals surface area contributed by atoms with Crippen LogP contribution in [-0.4, -0.2) is 17.1 Å².